The maximum atomic E-state index is 11.8. The molecule has 0 aliphatic heterocycles. The Labute approximate surface area is 123 Å². The van der Waals surface area contributed by atoms with Crippen LogP contribution in [0.15, 0.2) is 0 Å². The van der Waals surface area contributed by atoms with E-state index in [9.17, 15) is 14.4 Å². The van der Waals surface area contributed by atoms with Crippen molar-refractivity contribution in [3.8, 4) is 0 Å². The second kappa shape index (κ2) is 6.78. The number of hydrogen-bond donors (Lipinski definition) is 4. The summed E-state index contributed by atoms with van der Waals surface area (Å²) in [6.07, 6.45) is 4.50. The predicted octanol–water partition coefficient (Wildman–Crippen LogP) is 0.596. The standard InChI is InChI=1S/C14H23N3O4/c1-8(12(18)16-10-6-7-10)15-14(21)17-11-4-2-9(3-5-11)13(19)20/h8-11H,2-7H2,1H3,(H,16,18)(H,19,20)(H2,15,17,21). The second-order valence-corrected chi connectivity index (χ2v) is 6.01. The molecule has 0 radical (unpaired) electrons. The van der Waals surface area contributed by atoms with Crippen LogP contribution >= 0.6 is 0 Å². The van der Waals surface area contributed by atoms with Gasteiger partial charge in [0.2, 0.25) is 5.91 Å². The summed E-state index contributed by atoms with van der Waals surface area (Å²) < 4.78 is 0. The first kappa shape index (κ1) is 15.6. The van der Waals surface area contributed by atoms with Gasteiger partial charge in [-0.1, -0.05) is 0 Å². The van der Waals surface area contributed by atoms with E-state index in [0.717, 1.165) is 12.8 Å². The van der Waals surface area contributed by atoms with Gasteiger partial charge < -0.3 is 21.1 Å². The van der Waals surface area contributed by atoms with E-state index in [1.807, 2.05) is 0 Å². The van der Waals surface area contributed by atoms with Crippen LogP contribution in [-0.2, 0) is 9.59 Å². The Bertz CT molecular complexity index is 414. The topological polar surface area (TPSA) is 108 Å². The number of amides is 3. The minimum absolute atomic E-state index is 0.0145. The Morgan fingerprint density at radius 1 is 0.952 bits per heavy atom. The molecular weight excluding hydrogens is 274 g/mol. The molecule has 2 aliphatic carbocycles. The fourth-order valence-electron chi connectivity index (χ4n) is 2.53. The van der Waals surface area contributed by atoms with E-state index in [0.29, 0.717) is 25.7 Å². The summed E-state index contributed by atoms with van der Waals surface area (Å²) in [7, 11) is 0. The first-order chi connectivity index (χ1) is 9.95. The number of hydrogen-bond acceptors (Lipinski definition) is 3. The molecule has 21 heavy (non-hydrogen) atoms. The fraction of sp³-hybridized carbons (Fsp3) is 0.786. The van der Waals surface area contributed by atoms with Crippen molar-refractivity contribution in [3.05, 3.63) is 0 Å². The van der Waals surface area contributed by atoms with Gasteiger partial charge >= 0.3 is 12.0 Å². The highest BCUT2D eigenvalue weighted by molar-refractivity contribution is 5.87. The van der Waals surface area contributed by atoms with Crippen LogP contribution in [0.1, 0.15) is 45.4 Å². The first-order valence-electron chi connectivity index (χ1n) is 7.56. The van der Waals surface area contributed by atoms with Crippen molar-refractivity contribution in [3.63, 3.8) is 0 Å². The molecule has 1 unspecified atom stereocenters. The van der Waals surface area contributed by atoms with Gasteiger partial charge in [0.1, 0.15) is 6.04 Å². The Kier molecular flexibility index (Phi) is 5.03. The van der Waals surface area contributed by atoms with E-state index in [2.05, 4.69) is 16.0 Å². The van der Waals surface area contributed by atoms with Crippen molar-refractivity contribution in [2.24, 2.45) is 5.92 Å². The molecule has 0 spiro atoms. The molecule has 3 amide bonds. The summed E-state index contributed by atoms with van der Waals surface area (Å²) in [4.78, 5) is 34.4. The van der Waals surface area contributed by atoms with E-state index in [-0.39, 0.29) is 29.9 Å². The second-order valence-electron chi connectivity index (χ2n) is 6.01. The van der Waals surface area contributed by atoms with Crippen molar-refractivity contribution in [1.82, 2.24) is 16.0 Å². The van der Waals surface area contributed by atoms with Gasteiger partial charge in [0, 0.05) is 12.1 Å². The molecular formula is C14H23N3O4. The molecule has 0 saturated heterocycles. The molecule has 0 aromatic heterocycles. The van der Waals surface area contributed by atoms with Crippen LogP contribution in [0.25, 0.3) is 0 Å². The zero-order valence-corrected chi connectivity index (χ0v) is 12.2. The number of carbonyl (C=O) groups excluding carboxylic acids is 2. The fourth-order valence-corrected chi connectivity index (χ4v) is 2.53. The Balaban J connectivity index is 1.67. The van der Waals surface area contributed by atoms with Crippen LogP contribution in [0.2, 0.25) is 0 Å². The van der Waals surface area contributed by atoms with Gasteiger partial charge in [-0.25, -0.2) is 4.79 Å². The summed E-state index contributed by atoms with van der Waals surface area (Å²) in [5.74, 6) is -1.22. The number of carboxylic acids is 1. The van der Waals surface area contributed by atoms with Gasteiger partial charge in [0.15, 0.2) is 0 Å². The monoisotopic (exact) mass is 297 g/mol. The molecule has 0 aromatic rings. The maximum Gasteiger partial charge on any atom is 0.315 e. The van der Waals surface area contributed by atoms with Gasteiger partial charge in [-0.3, -0.25) is 9.59 Å². The highest BCUT2D eigenvalue weighted by atomic mass is 16.4. The van der Waals surface area contributed by atoms with Gasteiger partial charge in [-0.15, -0.1) is 0 Å². The minimum Gasteiger partial charge on any atom is -0.481 e. The van der Waals surface area contributed by atoms with Gasteiger partial charge in [-0.2, -0.15) is 0 Å². The van der Waals surface area contributed by atoms with E-state index in [1.165, 1.54) is 0 Å². The lowest BCUT2D eigenvalue weighted by atomic mass is 9.86. The minimum atomic E-state index is -0.761. The molecule has 2 rings (SSSR count). The van der Waals surface area contributed by atoms with E-state index in [4.69, 9.17) is 5.11 Å². The SMILES string of the molecule is CC(NC(=O)NC1CCC(C(=O)O)CC1)C(=O)NC1CC1. The summed E-state index contributed by atoms with van der Waals surface area (Å²) in [6.45, 7) is 1.65. The number of aliphatic carboxylic acids is 1. The van der Waals surface area contributed by atoms with Gasteiger partial charge in [0.25, 0.3) is 0 Å². The van der Waals surface area contributed by atoms with E-state index in [1.54, 1.807) is 6.92 Å². The van der Waals surface area contributed by atoms with Crippen LogP contribution < -0.4 is 16.0 Å². The highest BCUT2D eigenvalue weighted by Gasteiger charge is 2.28. The highest BCUT2D eigenvalue weighted by Crippen LogP contribution is 2.24. The molecule has 2 aliphatic rings. The molecule has 4 N–H and O–H groups in total. The quantitative estimate of drug-likeness (QED) is 0.596. The van der Waals surface area contributed by atoms with E-state index >= 15 is 0 Å². The molecule has 2 saturated carbocycles. The summed E-state index contributed by atoms with van der Waals surface area (Å²) >= 11 is 0. The molecule has 118 valence electrons. The lowest BCUT2D eigenvalue weighted by Crippen LogP contribution is -2.51. The van der Waals surface area contributed by atoms with Crippen molar-refractivity contribution < 1.29 is 19.5 Å². The molecule has 2 fully saturated rings. The number of nitrogens with one attached hydrogen (secondary N) is 3. The third kappa shape index (κ3) is 4.91. The lowest BCUT2D eigenvalue weighted by molar-refractivity contribution is -0.142. The van der Waals surface area contributed by atoms with Crippen LogP contribution in [0.3, 0.4) is 0 Å². The average molecular weight is 297 g/mol. The molecule has 0 heterocycles. The van der Waals surface area contributed by atoms with Crippen molar-refractivity contribution in [2.75, 3.05) is 0 Å². The molecule has 0 aromatic carbocycles. The molecule has 7 nitrogen and oxygen atoms in total. The van der Waals surface area contributed by atoms with Gasteiger partial charge in [0.05, 0.1) is 5.92 Å². The number of urea groups is 1. The number of rotatable bonds is 5. The maximum absolute atomic E-state index is 11.8. The molecule has 1 atom stereocenters. The smallest absolute Gasteiger partial charge is 0.315 e. The zero-order chi connectivity index (χ0) is 15.4. The van der Waals surface area contributed by atoms with Gasteiger partial charge in [-0.05, 0) is 45.4 Å². The number of carbonyl (C=O) groups is 3. The third-order valence-electron chi connectivity index (χ3n) is 4.08. The Hall–Kier alpha value is -1.79. The number of carboxylic acid groups (broad SMARTS) is 1. The zero-order valence-electron chi connectivity index (χ0n) is 12.2. The van der Waals surface area contributed by atoms with E-state index < -0.39 is 12.0 Å². The summed E-state index contributed by atoms with van der Waals surface area (Å²) in [5.41, 5.74) is 0. The predicted molar refractivity (Wildman–Crippen MR) is 75.7 cm³/mol. The normalized spacial score (nSPS) is 26.5. The molecule has 0 bridgehead atoms. The Morgan fingerprint density at radius 3 is 2.00 bits per heavy atom. The molecule has 7 heteroatoms. The first-order valence-corrected chi connectivity index (χ1v) is 7.56. The van der Waals surface area contributed by atoms with Crippen molar-refractivity contribution in [2.45, 2.75) is 63.6 Å². The van der Waals surface area contributed by atoms with Crippen LogP contribution in [-0.4, -0.2) is 41.1 Å². The van der Waals surface area contributed by atoms with Crippen LogP contribution in [0.4, 0.5) is 4.79 Å². The van der Waals surface area contributed by atoms with Crippen molar-refractivity contribution >= 4 is 17.9 Å². The largest absolute Gasteiger partial charge is 0.481 e. The summed E-state index contributed by atoms with van der Waals surface area (Å²) in [6, 6.07) is -0.677. The lowest BCUT2D eigenvalue weighted by Gasteiger charge is -2.27. The van der Waals surface area contributed by atoms with Crippen LogP contribution in [0.5, 0.6) is 0 Å². The van der Waals surface area contributed by atoms with Crippen molar-refractivity contribution in [1.29, 1.82) is 0 Å². The average Bonchev–Trinajstić information content (AvgIpc) is 3.23. The summed E-state index contributed by atoms with van der Waals surface area (Å²) in [5, 5.41) is 17.2. The third-order valence-corrected chi connectivity index (χ3v) is 4.08. The van der Waals surface area contributed by atoms with Crippen LogP contribution in [0, 0.1) is 5.92 Å². The Morgan fingerprint density at radius 2 is 1.48 bits per heavy atom.